The Hall–Kier alpha value is -3.94. The van der Waals surface area contributed by atoms with Gasteiger partial charge in [-0.05, 0) is 29.8 Å². The lowest BCUT2D eigenvalue weighted by Gasteiger charge is -2.08. The summed E-state index contributed by atoms with van der Waals surface area (Å²) in [5.41, 5.74) is 4.95. The zero-order valence-electron chi connectivity index (χ0n) is 15.3. The number of aromatic amines is 1. The maximum absolute atomic E-state index is 12.2. The highest BCUT2D eigenvalue weighted by Crippen LogP contribution is 2.27. The number of benzene rings is 2. The molecule has 2 N–H and O–H groups in total. The molecule has 0 fully saturated rings. The fourth-order valence-electron chi connectivity index (χ4n) is 2.42. The van der Waals surface area contributed by atoms with E-state index in [0.717, 1.165) is 5.56 Å². The number of aromatic nitrogens is 2. The van der Waals surface area contributed by atoms with Gasteiger partial charge in [-0.1, -0.05) is 30.3 Å². The van der Waals surface area contributed by atoms with E-state index in [4.69, 9.17) is 9.47 Å². The smallest absolute Gasteiger partial charge is 0.308 e. The summed E-state index contributed by atoms with van der Waals surface area (Å²) in [6, 6.07) is 16.1. The van der Waals surface area contributed by atoms with Gasteiger partial charge in [-0.25, -0.2) is 5.43 Å². The second kappa shape index (κ2) is 8.63. The van der Waals surface area contributed by atoms with Crippen molar-refractivity contribution in [2.45, 2.75) is 6.92 Å². The third-order valence-corrected chi connectivity index (χ3v) is 3.71. The number of carbonyl (C=O) groups excluding carboxylic acids is 2. The average Bonchev–Trinajstić information content (AvgIpc) is 3.19. The van der Waals surface area contributed by atoms with Crippen LogP contribution in [0, 0.1) is 0 Å². The topological polar surface area (TPSA) is 106 Å². The summed E-state index contributed by atoms with van der Waals surface area (Å²) in [4.78, 5) is 23.3. The predicted molar refractivity (Wildman–Crippen MR) is 103 cm³/mol. The van der Waals surface area contributed by atoms with Crippen LogP contribution in [-0.2, 0) is 4.79 Å². The number of hydrogen-bond donors (Lipinski definition) is 2. The van der Waals surface area contributed by atoms with Gasteiger partial charge in [0.1, 0.15) is 5.69 Å². The Kier molecular flexibility index (Phi) is 5.81. The van der Waals surface area contributed by atoms with Gasteiger partial charge in [-0.2, -0.15) is 10.2 Å². The van der Waals surface area contributed by atoms with Crippen molar-refractivity contribution in [2.75, 3.05) is 7.11 Å². The molecule has 0 unspecified atom stereocenters. The molecule has 0 radical (unpaired) electrons. The molecule has 3 rings (SSSR count). The van der Waals surface area contributed by atoms with E-state index < -0.39 is 11.9 Å². The van der Waals surface area contributed by atoms with Gasteiger partial charge >= 0.3 is 5.97 Å². The number of nitrogens with one attached hydrogen (secondary N) is 2. The van der Waals surface area contributed by atoms with E-state index >= 15 is 0 Å². The second-order valence-electron chi connectivity index (χ2n) is 5.74. The molecule has 0 aliphatic rings. The van der Waals surface area contributed by atoms with Gasteiger partial charge < -0.3 is 9.47 Å². The van der Waals surface area contributed by atoms with Crippen LogP contribution in [0.4, 0.5) is 0 Å². The first-order chi connectivity index (χ1) is 13.6. The zero-order chi connectivity index (χ0) is 19.9. The Morgan fingerprint density at radius 2 is 1.89 bits per heavy atom. The molecule has 0 spiro atoms. The lowest BCUT2D eigenvalue weighted by molar-refractivity contribution is -0.132. The highest BCUT2D eigenvalue weighted by atomic mass is 16.6. The Morgan fingerprint density at radius 3 is 2.61 bits per heavy atom. The Morgan fingerprint density at radius 1 is 1.11 bits per heavy atom. The third-order valence-electron chi connectivity index (χ3n) is 3.71. The van der Waals surface area contributed by atoms with Crippen LogP contribution in [0.15, 0.2) is 59.7 Å². The van der Waals surface area contributed by atoms with E-state index in [0.29, 0.717) is 28.5 Å². The van der Waals surface area contributed by atoms with E-state index in [1.54, 1.807) is 24.3 Å². The largest absolute Gasteiger partial charge is 0.493 e. The van der Waals surface area contributed by atoms with Gasteiger partial charge in [0.05, 0.1) is 19.0 Å². The van der Waals surface area contributed by atoms with Gasteiger partial charge in [0.25, 0.3) is 5.91 Å². The number of esters is 1. The van der Waals surface area contributed by atoms with Crippen LogP contribution < -0.4 is 14.9 Å². The summed E-state index contributed by atoms with van der Waals surface area (Å²) < 4.78 is 10.2. The lowest BCUT2D eigenvalue weighted by atomic mass is 10.1. The quantitative estimate of drug-likeness (QED) is 0.297. The molecular weight excluding hydrogens is 360 g/mol. The molecule has 1 amide bonds. The van der Waals surface area contributed by atoms with Crippen LogP contribution in [0.5, 0.6) is 11.5 Å². The van der Waals surface area contributed by atoms with Crippen LogP contribution in [-0.4, -0.2) is 35.4 Å². The first-order valence-electron chi connectivity index (χ1n) is 8.37. The van der Waals surface area contributed by atoms with Gasteiger partial charge in [0.2, 0.25) is 0 Å². The number of hydrogen-bond acceptors (Lipinski definition) is 6. The number of rotatable bonds is 6. The second-order valence-corrected chi connectivity index (χ2v) is 5.74. The highest BCUT2D eigenvalue weighted by Gasteiger charge is 2.10. The van der Waals surface area contributed by atoms with Crippen LogP contribution in [0.2, 0.25) is 0 Å². The van der Waals surface area contributed by atoms with E-state index in [2.05, 4.69) is 20.7 Å². The van der Waals surface area contributed by atoms with Crippen molar-refractivity contribution in [2.24, 2.45) is 5.10 Å². The molecule has 3 aromatic rings. The van der Waals surface area contributed by atoms with Gasteiger partial charge in [-0.15, -0.1) is 0 Å². The molecule has 0 aliphatic carbocycles. The van der Waals surface area contributed by atoms with Crippen LogP contribution in [0.25, 0.3) is 11.3 Å². The summed E-state index contributed by atoms with van der Waals surface area (Å²) in [7, 11) is 1.47. The van der Waals surface area contributed by atoms with E-state index in [9.17, 15) is 9.59 Å². The van der Waals surface area contributed by atoms with Crippen molar-refractivity contribution in [3.05, 3.63) is 65.9 Å². The molecule has 0 saturated carbocycles. The first-order valence-corrected chi connectivity index (χ1v) is 8.37. The number of nitrogens with zero attached hydrogens (tertiary/aromatic N) is 2. The summed E-state index contributed by atoms with van der Waals surface area (Å²) in [6.07, 6.45) is 1.45. The summed E-state index contributed by atoms with van der Waals surface area (Å²) in [5, 5.41) is 10.8. The Balaban J connectivity index is 1.65. The van der Waals surface area contributed by atoms with E-state index in [1.165, 1.54) is 20.2 Å². The minimum Gasteiger partial charge on any atom is -0.493 e. The normalized spacial score (nSPS) is 10.6. The van der Waals surface area contributed by atoms with Crippen molar-refractivity contribution < 1.29 is 19.1 Å². The van der Waals surface area contributed by atoms with Crippen molar-refractivity contribution in [1.82, 2.24) is 15.6 Å². The molecule has 142 valence electrons. The minimum absolute atomic E-state index is 0.291. The highest BCUT2D eigenvalue weighted by molar-refractivity contribution is 5.94. The average molecular weight is 378 g/mol. The zero-order valence-corrected chi connectivity index (χ0v) is 15.3. The van der Waals surface area contributed by atoms with Crippen LogP contribution >= 0.6 is 0 Å². The van der Waals surface area contributed by atoms with Crippen molar-refractivity contribution >= 4 is 18.1 Å². The number of H-pyrrole nitrogens is 1. The Labute approximate surface area is 161 Å². The number of methoxy groups -OCH3 is 1. The number of amides is 1. The van der Waals surface area contributed by atoms with E-state index in [1.807, 2.05) is 30.3 Å². The number of carbonyl (C=O) groups is 2. The van der Waals surface area contributed by atoms with Crippen LogP contribution in [0.1, 0.15) is 23.0 Å². The first kappa shape index (κ1) is 18.8. The SMILES string of the molecule is COc1cc(/C=N/NC(=O)c2cc(-c3ccccc3)n[nH]2)ccc1OC(C)=O. The molecule has 2 aromatic carbocycles. The molecule has 28 heavy (non-hydrogen) atoms. The maximum Gasteiger partial charge on any atom is 0.308 e. The van der Waals surface area contributed by atoms with Gasteiger partial charge in [0.15, 0.2) is 11.5 Å². The standard InChI is InChI=1S/C20H18N4O4/c1-13(25)28-18-9-8-14(10-19(18)27-2)12-21-24-20(26)17-11-16(22-23-17)15-6-4-3-5-7-15/h3-12H,1-2H3,(H,22,23)(H,24,26)/b21-12+. The molecular formula is C20H18N4O4. The summed E-state index contributed by atoms with van der Waals surface area (Å²) >= 11 is 0. The molecule has 0 atom stereocenters. The summed E-state index contributed by atoms with van der Waals surface area (Å²) in [6.45, 7) is 1.31. The molecule has 0 bridgehead atoms. The lowest BCUT2D eigenvalue weighted by Crippen LogP contribution is -2.18. The van der Waals surface area contributed by atoms with Crippen molar-refractivity contribution in [3.8, 4) is 22.8 Å². The number of ether oxygens (including phenoxy) is 2. The minimum atomic E-state index is -0.443. The fourth-order valence-corrected chi connectivity index (χ4v) is 2.42. The Bertz CT molecular complexity index is 1010. The molecule has 8 heteroatoms. The fraction of sp³-hybridized carbons (Fsp3) is 0.100. The summed E-state index contributed by atoms with van der Waals surface area (Å²) in [5.74, 6) is -0.176. The van der Waals surface area contributed by atoms with Gasteiger partial charge in [-0.3, -0.25) is 14.7 Å². The number of hydrazone groups is 1. The maximum atomic E-state index is 12.2. The molecule has 1 aromatic heterocycles. The van der Waals surface area contributed by atoms with Crippen molar-refractivity contribution in [1.29, 1.82) is 0 Å². The third kappa shape index (κ3) is 4.61. The van der Waals surface area contributed by atoms with Crippen molar-refractivity contribution in [3.63, 3.8) is 0 Å². The molecule has 0 aliphatic heterocycles. The van der Waals surface area contributed by atoms with E-state index in [-0.39, 0.29) is 0 Å². The van der Waals surface area contributed by atoms with Gasteiger partial charge in [0, 0.05) is 12.5 Å². The molecule has 0 saturated heterocycles. The predicted octanol–water partition coefficient (Wildman–Crippen LogP) is 2.77. The molecule has 8 nitrogen and oxygen atoms in total. The molecule has 1 heterocycles. The monoisotopic (exact) mass is 378 g/mol. The van der Waals surface area contributed by atoms with Crippen LogP contribution in [0.3, 0.4) is 0 Å².